The van der Waals surface area contributed by atoms with Crippen LogP contribution in [0.1, 0.15) is 39.0 Å². The van der Waals surface area contributed by atoms with Crippen LogP contribution < -0.4 is 5.53 Å². The number of hydrazone groups is 1. The second-order valence-corrected chi connectivity index (χ2v) is 3.04. The molecule has 0 aromatic rings. The highest BCUT2D eigenvalue weighted by Gasteiger charge is 1.93. The SMILES string of the molecule is CCCCCCC=C1C=NNN=N1. The second kappa shape index (κ2) is 6.34. The Morgan fingerprint density at radius 1 is 1.38 bits per heavy atom. The van der Waals surface area contributed by atoms with Crippen molar-refractivity contribution in [3.05, 3.63) is 11.8 Å². The maximum absolute atomic E-state index is 3.87. The molecule has 1 rings (SSSR count). The van der Waals surface area contributed by atoms with Crippen molar-refractivity contribution in [2.75, 3.05) is 0 Å². The first-order chi connectivity index (χ1) is 6.43. The summed E-state index contributed by atoms with van der Waals surface area (Å²) in [6.07, 6.45) is 9.96. The van der Waals surface area contributed by atoms with Gasteiger partial charge in [-0.05, 0) is 12.8 Å². The van der Waals surface area contributed by atoms with Crippen LogP contribution in [-0.4, -0.2) is 6.21 Å². The first kappa shape index (κ1) is 9.89. The van der Waals surface area contributed by atoms with Crippen molar-refractivity contribution in [3.63, 3.8) is 0 Å². The van der Waals surface area contributed by atoms with Crippen molar-refractivity contribution in [2.45, 2.75) is 39.0 Å². The van der Waals surface area contributed by atoms with Crippen molar-refractivity contribution < 1.29 is 0 Å². The van der Waals surface area contributed by atoms with Crippen LogP contribution in [0.25, 0.3) is 0 Å². The summed E-state index contributed by atoms with van der Waals surface area (Å²) >= 11 is 0. The zero-order chi connectivity index (χ0) is 9.36. The number of rotatable bonds is 5. The molecule has 4 heteroatoms. The minimum absolute atomic E-state index is 0.857. The Morgan fingerprint density at radius 2 is 2.31 bits per heavy atom. The third-order valence-corrected chi connectivity index (χ3v) is 1.88. The Morgan fingerprint density at radius 3 is 3.00 bits per heavy atom. The van der Waals surface area contributed by atoms with Gasteiger partial charge in [0.1, 0.15) is 5.70 Å². The van der Waals surface area contributed by atoms with E-state index in [0.717, 1.165) is 12.1 Å². The summed E-state index contributed by atoms with van der Waals surface area (Å²) in [5, 5.41) is 11.2. The summed E-state index contributed by atoms with van der Waals surface area (Å²) < 4.78 is 0. The minimum Gasteiger partial charge on any atom is -0.179 e. The maximum Gasteiger partial charge on any atom is 0.104 e. The van der Waals surface area contributed by atoms with Gasteiger partial charge in [-0.25, -0.2) is 0 Å². The van der Waals surface area contributed by atoms with Gasteiger partial charge in [-0.1, -0.05) is 37.5 Å². The Balaban J connectivity index is 2.12. The third-order valence-electron chi connectivity index (χ3n) is 1.88. The molecular formula is C9H16N4. The molecule has 0 fully saturated rings. The van der Waals surface area contributed by atoms with Gasteiger partial charge in [0.2, 0.25) is 0 Å². The van der Waals surface area contributed by atoms with E-state index in [0.29, 0.717) is 0 Å². The Labute approximate surface area is 78.8 Å². The van der Waals surface area contributed by atoms with Gasteiger partial charge in [0.25, 0.3) is 0 Å². The summed E-state index contributed by atoms with van der Waals surface area (Å²) in [6, 6.07) is 0. The fourth-order valence-corrected chi connectivity index (χ4v) is 1.14. The molecule has 0 unspecified atom stereocenters. The lowest BCUT2D eigenvalue weighted by atomic mass is 10.1. The van der Waals surface area contributed by atoms with Crippen molar-refractivity contribution >= 4 is 6.21 Å². The molecule has 0 atom stereocenters. The van der Waals surface area contributed by atoms with E-state index in [2.05, 4.69) is 34.0 Å². The average molecular weight is 180 g/mol. The van der Waals surface area contributed by atoms with E-state index in [-0.39, 0.29) is 0 Å². The lowest BCUT2D eigenvalue weighted by Gasteiger charge is -1.98. The number of hydrogen-bond acceptors (Lipinski definition) is 4. The van der Waals surface area contributed by atoms with E-state index in [1.165, 1.54) is 25.7 Å². The maximum atomic E-state index is 3.87. The van der Waals surface area contributed by atoms with Crippen LogP contribution in [0.3, 0.4) is 0 Å². The predicted molar refractivity (Wildman–Crippen MR) is 53.3 cm³/mol. The molecule has 1 aliphatic heterocycles. The summed E-state index contributed by atoms with van der Waals surface area (Å²) in [7, 11) is 0. The Hall–Kier alpha value is -1.19. The molecule has 1 N–H and O–H groups in total. The molecule has 0 spiro atoms. The zero-order valence-electron chi connectivity index (χ0n) is 8.03. The molecule has 0 aromatic carbocycles. The molecule has 13 heavy (non-hydrogen) atoms. The van der Waals surface area contributed by atoms with Crippen LogP contribution in [0, 0.1) is 0 Å². The van der Waals surface area contributed by atoms with E-state index in [9.17, 15) is 0 Å². The van der Waals surface area contributed by atoms with E-state index >= 15 is 0 Å². The van der Waals surface area contributed by atoms with E-state index in [1.54, 1.807) is 6.21 Å². The highest BCUT2D eigenvalue weighted by atomic mass is 15.6. The molecule has 0 amide bonds. The average Bonchev–Trinajstić information content (AvgIpc) is 2.19. The van der Waals surface area contributed by atoms with E-state index < -0.39 is 0 Å². The summed E-state index contributed by atoms with van der Waals surface area (Å²) in [5.41, 5.74) is 3.27. The predicted octanol–water partition coefficient (Wildman–Crippen LogP) is 2.80. The minimum atomic E-state index is 0.857. The molecule has 72 valence electrons. The molecule has 0 aliphatic carbocycles. The zero-order valence-corrected chi connectivity index (χ0v) is 8.03. The monoisotopic (exact) mass is 180 g/mol. The van der Waals surface area contributed by atoms with Crippen molar-refractivity contribution in [2.24, 2.45) is 15.4 Å². The van der Waals surface area contributed by atoms with Crippen LogP contribution in [0.4, 0.5) is 0 Å². The van der Waals surface area contributed by atoms with Gasteiger partial charge in [0.15, 0.2) is 0 Å². The number of nitrogens with one attached hydrogen (secondary N) is 1. The number of allylic oxidation sites excluding steroid dienone is 2. The highest BCUT2D eigenvalue weighted by molar-refractivity contribution is 5.77. The van der Waals surface area contributed by atoms with Crippen LogP contribution >= 0.6 is 0 Å². The standard InChI is InChI=1S/C9H16N4/c1-2-3-4-5-6-7-9-8-10-12-13-11-9/h7-8H,2-6H2,1H3,(H,11,12). The molecule has 0 saturated carbocycles. The first-order valence-electron chi connectivity index (χ1n) is 4.82. The van der Waals surface area contributed by atoms with Crippen LogP contribution in [0.15, 0.2) is 27.2 Å². The van der Waals surface area contributed by atoms with Crippen molar-refractivity contribution in [1.82, 2.24) is 5.53 Å². The fourth-order valence-electron chi connectivity index (χ4n) is 1.14. The number of hydrogen-bond donors (Lipinski definition) is 1. The van der Waals surface area contributed by atoms with Gasteiger partial charge in [-0.3, -0.25) is 0 Å². The molecule has 0 bridgehead atoms. The van der Waals surface area contributed by atoms with Crippen LogP contribution in [0.5, 0.6) is 0 Å². The van der Waals surface area contributed by atoms with Crippen molar-refractivity contribution in [3.8, 4) is 0 Å². The third kappa shape index (κ3) is 4.40. The fraction of sp³-hybridized carbons (Fsp3) is 0.667. The van der Waals surface area contributed by atoms with Crippen LogP contribution in [0.2, 0.25) is 0 Å². The van der Waals surface area contributed by atoms with Crippen LogP contribution in [-0.2, 0) is 0 Å². The first-order valence-corrected chi connectivity index (χ1v) is 4.82. The molecule has 0 radical (unpaired) electrons. The normalized spacial score (nSPS) is 17.8. The highest BCUT2D eigenvalue weighted by Crippen LogP contribution is 2.06. The van der Waals surface area contributed by atoms with E-state index in [4.69, 9.17) is 0 Å². The Kier molecular flexibility index (Phi) is 4.83. The van der Waals surface area contributed by atoms with Gasteiger partial charge in [0, 0.05) is 0 Å². The number of unbranched alkanes of at least 4 members (excludes halogenated alkanes) is 4. The summed E-state index contributed by atoms with van der Waals surface area (Å²) in [6.45, 7) is 2.21. The van der Waals surface area contributed by atoms with E-state index in [1.807, 2.05) is 0 Å². The van der Waals surface area contributed by atoms with Gasteiger partial charge >= 0.3 is 0 Å². The number of nitrogens with zero attached hydrogens (tertiary/aromatic N) is 3. The molecule has 1 heterocycles. The molecule has 0 aromatic heterocycles. The van der Waals surface area contributed by atoms with Gasteiger partial charge in [-0.15, -0.1) is 5.11 Å². The quantitative estimate of drug-likeness (QED) is 0.650. The van der Waals surface area contributed by atoms with Crippen molar-refractivity contribution in [1.29, 1.82) is 0 Å². The smallest absolute Gasteiger partial charge is 0.104 e. The lowest BCUT2D eigenvalue weighted by molar-refractivity contribution is 0.671. The van der Waals surface area contributed by atoms with Gasteiger partial charge in [-0.2, -0.15) is 10.6 Å². The summed E-state index contributed by atoms with van der Waals surface area (Å²) in [4.78, 5) is 0. The molecular weight excluding hydrogens is 164 g/mol. The lowest BCUT2D eigenvalue weighted by Crippen LogP contribution is -1.99. The van der Waals surface area contributed by atoms with Gasteiger partial charge in [0.05, 0.1) is 6.21 Å². The summed E-state index contributed by atoms with van der Waals surface area (Å²) in [5.74, 6) is 0. The molecule has 0 saturated heterocycles. The molecule has 1 aliphatic rings. The second-order valence-electron chi connectivity index (χ2n) is 3.04. The molecule has 4 nitrogen and oxygen atoms in total. The van der Waals surface area contributed by atoms with Gasteiger partial charge < -0.3 is 0 Å². The topological polar surface area (TPSA) is 49.1 Å². The largest absolute Gasteiger partial charge is 0.179 e. The Bertz CT molecular complexity index is 204.